The highest BCUT2D eigenvalue weighted by molar-refractivity contribution is 7.98. The third kappa shape index (κ3) is 3.99. The van der Waals surface area contributed by atoms with Crippen LogP contribution in [0, 0.1) is 0 Å². The van der Waals surface area contributed by atoms with Gasteiger partial charge in [-0.1, -0.05) is 13.8 Å². The van der Waals surface area contributed by atoms with Crippen LogP contribution in [0.15, 0.2) is 29.2 Å². The Morgan fingerprint density at radius 3 is 2.00 bits per heavy atom. The summed E-state index contributed by atoms with van der Waals surface area (Å²) in [5.74, 6) is -0.877. The molecule has 0 aromatic heterocycles. The quantitative estimate of drug-likeness (QED) is 0.742. The summed E-state index contributed by atoms with van der Waals surface area (Å²) in [6.45, 7) is 4.00. The highest BCUT2D eigenvalue weighted by Gasteiger charge is 1.99. The lowest BCUT2D eigenvalue weighted by atomic mass is 10.2. The monoisotopic (exact) mass is 198 g/mol. The van der Waals surface area contributed by atoms with Gasteiger partial charge in [-0.3, -0.25) is 0 Å². The molecule has 3 heteroatoms. The van der Waals surface area contributed by atoms with Crippen LogP contribution in [-0.4, -0.2) is 17.3 Å². The molecular formula is C10H14O2S. The highest BCUT2D eigenvalue weighted by Crippen LogP contribution is 2.14. The number of benzene rings is 1. The Balaban J connectivity index is 0.000000671. The lowest BCUT2D eigenvalue weighted by Crippen LogP contribution is -1.94. The van der Waals surface area contributed by atoms with Crippen LogP contribution in [0.4, 0.5) is 0 Å². The summed E-state index contributed by atoms with van der Waals surface area (Å²) >= 11 is 1.60. The third-order valence-corrected chi connectivity index (χ3v) is 2.08. The first-order valence-electron chi connectivity index (χ1n) is 4.11. The molecule has 72 valence electrons. The van der Waals surface area contributed by atoms with Gasteiger partial charge < -0.3 is 5.11 Å². The average molecular weight is 198 g/mol. The van der Waals surface area contributed by atoms with E-state index in [2.05, 4.69) is 0 Å². The standard InChI is InChI=1S/C8H8O2S.C2H6/c1-11-7-4-2-6(3-5-7)8(9)10;1-2/h2-5H,1H3,(H,9,10);1-2H3. The molecule has 0 spiro atoms. The van der Waals surface area contributed by atoms with Crippen molar-refractivity contribution in [3.63, 3.8) is 0 Å². The minimum Gasteiger partial charge on any atom is -0.478 e. The Morgan fingerprint density at radius 1 is 1.23 bits per heavy atom. The van der Waals surface area contributed by atoms with Crippen molar-refractivity contribution in [2.45, 2.75) is 18.7 Å². The van der Waals surface area contributed by atoms with Crippen molar-refractivity contribution < 1.29 is 9.90 Å². The summed E-state index contributed by atoms with van der Waals surface area (Å²) in [5.41, 5.74) is 0.336. The molecule has 1 aromatic rings. The van der Waals surface area contributed by atoms with Gasteiger partial charge in [-0.15, -0.1) is 11.8 Å². The van der Waals surface area contributed by atoms with Gasteiger partial charge >= 0.3 is 5.97 Å². The Morgan fingerprint density at radius 2 is 1.69 bits per heavy atom. The van der Waals surface area contributed by atoms with Gasteiger partial charge in [-0.25, -0.2) is 4.79 Å². The first-order valence-corrected chi connectivity index (χ1v) is 5.34. The van der Waals surface area contributed by atoms with Crippen LogP contribution in [0.1, 0.15) is 24.2 Å². The van der Waals surface area contributed by atoms with E-state index in [1.165, 1.54) is 0 Å². The lowest BCUT2D eigenvalue weighted by molar-refractivity contribution is 0.0697. The Labute approximate surface area is 83.0 Å². The number of hydrogen-bond acceptors (Lipinski definition) is 2. The fraction of sp³-hybridized carbons (Fsp3) is 0.300. The van der Waals surface area contributed by atoms with Gasteiger partial charge in [0.15, 0.2) is 0 Å². The fourth-order valence-corrected chi connectivity index (χ4v) is 1.14. The fourth-order valence-electron chi connectivity index (χ4n) is 0.734. The molecule has 0 heterocycles. The summed E-state index contributed by atoms with van der Waals surface area (Å²) in [6.07, 6.45) is 1.95. The molecular weight excluding hydrogens is 184 g/mol. The van der Waals surface area contributed by atoms with Crippen LogP contribution in [0.3, 0.4) is 0 Å². The average Bonchev–Trinajstić information content (AvgIpc) is 2.21. The number of carbonyl (C=O) groups is 1. The van der Waals surface area contributed by atoms with Crippen molar-refractivity contribution in [2.24, 2.45) is 0 Å². The van der Waals surface area contributed by atoms with E-state index in [-0.39, 0.29) is 0 Å². The highest BCUT2D eigenvalue weighted by atomic mass is 32.2. The maximum absolute atomic E-state index is 10.4. The van der Waals surface area contributed by atoms with Crippen LogP contribution in [-0.2, 0) is 0 Å². The number of carboxylic acid groups (broad SMARTS) is 1. The summed E-state index contributed by atoms with van der Waals surface area (Å²) in [6, 6.07) is 6.81. The SMILES string of the molecule is CC.CSc1ccc(C(=O)O)cc1. The topological polar surface area (TPSA) is 37.3 Å². The second-order valence-electron chi connectivity index (χ2n) is 2.03. The van der Waals surface area contributed by atoms with Crippen molar-refractivity contribution in [3.05, 3.63) is 29.8 Å². The molecule has 1 rings (SSSR count). The second-order valence-corrected chi connectivity index (χ2v) is 2.91. The number of hydrogen-bond donors (Lipinski definition) is 1. The molecule has 0 atom stereocenters. The van der Waals surface area contributed by atoms with E-state index in [9.17, 15) is 4.79 Å². The molecule has 2 nitrogen and oxygen atoms in total. The molecule has 0 radical (unpaired) electrons. The predicted octanol–water partition coefficient (Wildman–Crippen LogP) is 3.13. The Kier molecular flexibility index (Phi) is 6.06. The van der Waals surface area contributed by atoms with Gasteiger partial charge in [0.1, 0.15) is 0 Å². The molecule has 0 aliphatic carbocycles. The van der Waals surface area contributed by atoms with Crippen LogP contribution in [0.2, 0.25) is 0 Å². The van der Waals surface area contributed by atoms with Gasteiger partial charge in [0.2, 0.25) is 0 Å². The van der Waals surface area contributed by atoms with Crippen molar-refractivity contribution >= 4 is 17.7 Å². The molecule has 0 amide bonds. The number of aromatic carboxylic acids is 1. The molecule has 0 fully saturated rings. The zero-order valence-corrected chi connectivity index (χ0v) is 8.89. The Hall–Kier alpha value is -0.960. The van der Waals surface area contributed by atoms with E-state index in [0.29, 0.717) is 5.56 Å². The summed E-state index contributed by atoms with van der Waals surface area (Å²) in [7, 11) is 0. The van der Waals surface area contributed by atoms with Gasteiger partial charge in [0.25, 0.3) is 0 Å². The molecule has 1 N–H and O–H groups in total. The van der Waals surface area contributed by atoms with Gasteiger partial charge in [0, 0.05) is 4.90 Å². The molecule has 1 aromatic carbocycles. The maximum atomic E-state index is 10.4. The van der Waals surface area contributed by atoms with E-state index in [4.69, 9.17) is 5.11 Å². The van der Waals surface area contributed by atoms with E-state index >= 15 is 0 Å². The molecule has 0 saturated heterocycles. The van der Waals surface area contributed by atoms with Gasteiger partial charge in [-0.05, 0) is 30.5 Å². The van der Waals surface area contributed by atoms with E-state index in [1.807, 2.05) is 20.1 Å². The van der Waals surface area contributed by atoms with Crippen molar-refractivity contribution in [3.8, 4) is 0 Å². The normalized spacial score (nSPS) is 8.54. The maximum Gasteiger partial charge on any atom is 0.335 e. The molecule has 0 bridgehead atoms. The lowest BCUT2D eigenvalue weighted by Gasteiger charge is -1.95. The van der Waals surface area contributed by atoms with E-state index in [1.54, 1.807) is 36.0 Å². The Bertz CT molecular complexity index is 254. The van der Waals surface area contributed by atoms with Gasteiger partial charge in [-0.2, -0.15) is 0 Å². The first-order chi connectivity index (χ1) is 6.24. The zero-order chi connectivity index (χ0) is 10.3. The molecule has 0 unspecified atom stereocenters. The van der Waals surface area contributed by atoms with Crippen LogP contribution in [0.5, 0.6) is 0 Å². The summed E-state index contributed by atoms with van der Waals surface area (Å²) in [5, 5.41) is 8.54. The van der Waals surface area contributed by atoms with Gasteiger partial charge in [0.05, 0.1) is 5.56 Å². The summed E-state index contributed by atoms with van der Waals surface area (Å²) in [4.78, 5) is 11.5. The van der Waals surface area contributed by atoms with E-state index in [0.717, 1.165) is 4.90 Å². The summed E-state index contributed by atoms with van der Waals surface area (Å²) < 4.78 is 0. The zero-order valence-electron chi connectivity index (χ0n) is 8.07. The van der Waals surface area contributed by atoms with E-state index < -0.39 is 5.97 Å². The second kappa shape index (κ2) is 6.54. The van der Waals surface area contributed by atoms with Crippen LogP contribution < -0.4 is 0 Å². The van der Waals surface area contributed by atoms with Crippen molar-refractivity contribution in [1.29, 1.82) is 0 Å². The minimum atomic E-state index is -0.877. The van der Waals surface area contributed by atoms with Crippen LogP contribution >= 0.6 is 11.8 Å². The number of thioether (sulfide) groups is 1. The molecule has 0 aliphatic rings. The smallest absolute Gasteiger partial charge is 0.335 e. The van der Waals surface area contributed by atoms with Crippen LogP contribution in [0.25, 0.3) is 0 Å². The van der Waals surface area contributed by atoms with Crippen molar-refractivity contribution in [1.82, 2.24) is 0 Å². The molecule has 0 aliphatic heterocycles. The van der Waals surface area contributed by atoms with Crippen molar-refractivity contribution in [2.75, 3.05) is 6.26 Å². The minimum absolute atomic E-state index is 0.336. The third-order valence-electron chi connectivity index (χ3n) is 1.34. The molecule has 13 heavy (non-hydrogen) atoms. The first kappa shape index (κ1) is 12.0. The number of rotatable bonds is 2. The number of carboxylic acids is 1. The molecule has 0 saturated carbocycles. The predicted molar refractivity (Wildman–Crippen MR) is 56.5 cm³/mol. The largest absolute Gasteiger partial charge is 0.478 e.